The third-order valence-corrected chi connectivity index (χ3v) is 7.65. The van der Waals surface area contributed by atoms with Crippen LogP contribution in [0.5, 0.6) is 5.75 Å². The molecule has 0 fully saturated rings. The SMILES string of the molecule is CCCCCCOc1ccc(-c2cnc(-c3ccc(C[C@H](CC(=O)c4ccc(C(C)(C)C)cc4)C(=O)O)cc3)nc2)cc1. The van der Waals surface area contributed by atoms with Crippen LogP contribution in [0.3, 0.4) is 0 Å². The highest BCUT2D eigenvalue weighted by Crippen LogP contribution is 2.26. The van der Waals surface area contributed by atoms with Crippen molar-refractivity contribution in [1.82, 2.24) is 9.97 Å². The summed E-state index contributed by atoms with van der Waals surface area (Å²) < 4.78 is 5.84. The molecule has 43 heavy (non-hydrogen) atoms. The smallest absolute Gasteiger partial charge is 0.307 e. The number of rotatable bonds is 14. The molecule has 0 aliphatic heterocycles. The van der Waals surface area contributed by atoms with E-state index in [1.54, 1.807) is 24.5 Å². The van der Waals surface area contributed by atoms with Gasteiger partial charge in [-0.2, -0.15) is 0 Å². The minimum absolute atomic E-state index is 0.0145. The Morgan fingerprint density at radius 1 is 0.791 bits per heavy atom. The zero-order valence-electron chi connectivity index (χ0n) is 25.7. The minimum Gasteiger partial charge on any atom is -0.494 e. The van der Waals surface area contributed by atoms with Gasteiger partial charge in [0.25, 0.3) is 0 Å². The van der Waals surface area contributed by atoms with Crippen LogP contribution in [-0.2, 0) is 16.6 Å². The molecule has 3 aromatic carbocycles. The number of hydrogen-bond donors (Lipinski definition) is 1. The van der Waals surface area contributed by atoms with E-state index in [2.05, 4.69) is 37.7 Å². The van der Waals surface area contributed by atoms with Gasteiger partial charge in [0.2, 0.25) is 0 Å². The molecule has 0 amide bonds. The van der Waals surface area contributed by atoms with E-state index < -0.39 is 11.9 Å². The van der Waals surface area contributed by atoms with Crippen molar-refractivity contribution in [2.75, 3.05) is 6.61 Å². The molecule has 0 spiro atoms. The van der Waals surface area contributed by atoms with Gasteiger partial charge in [0.15, 0.2) is 11.6 Å². The van der Waals surface area contributed by atoms with Crippen molar-refractivity contribution >= 4 is 11.8 Å². The number of nitrogens with zero attached hydrogens (tertiary/aromatic N) is 2. The minimum atomic E-state index is -0.978. The van der Waals surface area contributed by atoms with Gasteiger partial charge in [0, 0.05) is 35.5 Å². The molecule has 1 atom stereocenters. The molecule has 6 nitrogen and oxygen atoms in total. The van der Waals surface area contributed by atoms with Crippen molar-refractivity contribution in [3.05, 3.63) is 102 Å². The fourth-order valence-electron chi connectivity index (χ4n) is 4.91. The van der Waals surface area contributed by atoms with Gasteiger partial charge in [-0.15, -0.1) is 0 Å². The molecule has 0 aliphatic rings. The summed E-state index contributed by atoms with van der Waals surface area (Å²) in [6.07, 6.45) is 8.53. The van der Waals surface area contributed by atoms with Crippen molar-refractivity contribution in [3.8, 4) is 28.3 Å². The van der Waals surface area contributed by atoms with E-state index in [-0.39, 0.29) is 24.0 Å². The highest BCUT2D eigenvalue weighted by Gasteiger charge is 2.23. The Bertz CT molecular complexity index is 1470. The van der Waals surface area contributed by atoms with Crippen molar-refractivity contribution < 1.29 is 19.4 Å². The molecule has 224 valence electrons. The topological polar surface area (TPSA) is 89.4 Å². The normalized spacial score (nSPS) is 12.1. The van der Waals surface area contributed by atoms with E-state index in [0.717, 1.165) is 46.6 Å². The number of ketones is 1. The second-order valence-corrected chi connectivity index (χ2v) is 12.1. The average Bonchev–Trinajstić information content (AvgIpc) is 3.01. The lowest BCUT2D eigenvalue weighted by molar-refractivity contribution is -0.141. The molecule has 0 radical (unpaired) electrons. The summed E-state index contributed by atoms with van der Waals surface area (Å²) in [4.78, 5) is 34.0. The predicted molar refractivity (Wildman–Crippen MR) is 171 cm³/mol. The number of unbranched alkanes of at least 4 members (excludes halogenated alkanes) is 3. The van der Waals surface area contributed by atoms with E-state index in [0.29, 0.717) is 11.4 Å². The molecule has 0 unspecified atom stereocenters. The molecule has 0 bridgehead atoms. The van der Waals surface area contributed by atoms with E-state index in [9.17, 15) is 14.7 Å². The van der Waals surface area contributed by atoms with Crippen LogP contribution in [0.25, 0.3) is 22.5 Å². The summed E-state index contributed by atoms with van der Waals surface area (Å²) in [6, 6.07) is 23.0. The summed E-state index contributed by atoms with van der Waals surface area (Å²) >= 11 is 0. The highest BCUT2D eigenvalue weighted by molar-refractivity contribution is 5.98. The first kappa shape index (κ1) is 31.6. The van der Waals surface area contributed by atoms with Gasteiger partial charge in [-0.1, -0.05) is 108 Å². The number of ether oxygens (including phenoxy) is 1. The number of carboxylic acids is 1. The Morgan fingerprint density at radius 3 is 2.00 bits per heavy atom. The fraction of sp³-hybridized carbons (Fsp3) is 0.351. The van der Waals surface area contributed by atoms with Gasteiger partial charge in [-0.05, 0) is 47.1 Å². The van der Waals surface area contributed by atoms with Crippen molar-refractivity contribution in [1.29, 1.82) is 0 Å². The summed E-state index contributed by atoms with van der Waals surface area (Å²) in [5.41, 5.74) is 5.26. The number of hydrogen-bond acceptors (Lipinski definition) is 5. The van der Waals surface area contributed by atoms with E-state index in [4.69, 9.17) is 4.74 Å². The largest absolute Gasteiger partial charge is 0.494 e. The predicted octanol–water partition coefficient (Wildman–Crippen LogP) is 8.58. The molecule has 6 heteroatoms. The summed E-state index contributed by atoms with van der Waals surface area (Å²) in [6.45, 7) is 9.28. The molecule has 1 heterocycles. The Balaban J connectivity index is 1.34. The lowest BCUT2D eigenvalue weighted by Gasteiger charge is -2.19. The van der Waals surface area contributed by atoms with Crippen LogP contribution in [0.4, 0.5) is 0 Å². The molecule has 1 aromatic heterocycles. The van der Waals surface area contributed by atoms with Crippen LogP contribution in [0.15, 0.2) is 85.2 Å². The number of carboxylic acid groups (broad SMARTS) is 1. The van der Waals surface area contributed by atoms with Gasteiger partial charge in [0.05, 0.1) is 12.5 Å². The standard InChI is InChI=1S/C37H42N2O4/c1-5-6-7-8-21-43-33-19-15-27(16-20-33)31-24-38-35(39-25-31)29-11-9-26(10-12-29)22-30(36(41)42)23-34(40)28-13-17-32(18-14-28)37(2,3)4/h9-20,24-25,30H,5-8,21-23H2,1-4H3,(H,41,42)/t30-/m1/s1. The first-order valence-corrected chi connectivity index (χ1v) is 15.1. The first-order chi connectivity index (χ1) is 20.6. The van der Waals surface area contributed by atoms with Crippen molar-refractivity contribution in [3.63, 3.8) is 0 Å². The first-order valence-electron chi connectivity index (χ1n) is 15.1. The van der Waals surface area contributed by atoms with Crippen LogP contribution in [0, 0.1) is 5.92 Å². The molecular weight excluding hydrogens is 536 g/mol. The van der Waals surface area contributed by atoms with Crippen molar-refractivity contribution in [2.45, 2.75) is 71.6 Å². The second-order valence-electron chi connectivity index (χ2n) is 12.1. The van der Waals surface area contributed by atoms with E-state index in [1.807, 2.05) is 60.7 Å². The Morgan fingerprint density at radius 2 is 1.42 bits per heavy atom. The number of benzene rings is 3. The zero-order chi connectivity index (χ0) is 30.8. The Hall–Kier alpha value is -4.32. The number of carbonyl (C=O) groups excluding carboxylic acids is 1. The average molecular weight is 579 g/mol. The molecule has 4 rings (SSSR count). The van der Waals surface area contributed by atoms with Gasteiger partial charge in [-0.3, -0.25) is 9.59 Å². The van der Waals surface area contributed by atoms with E-state index in [1.165, 1.54) is 19.3 Å². The maximum absolute atomic E-state index is 12.9. The molecule has 0 saturated carbocycles. The Kier molecular flexibility index (Phi) is 10.8. The van der Waals surface area contributed by atoms with Gasteiger partial charge in [0.1, 0.15) is 5.75 Å². The maximum Gasteiger partial charge on any atom is 0.307 e. The quantitative estimate of drug-likeness (QED) is 0.119. The van der Waals surface area contributed by atoms with Crippen molar-refractivity contribution in [2.24, 2.45) is 5.92 Å². The lowest BCUT2D eigenvalue weighted by Crippen LogP contribution is -2.20. The number of aromatic nitrogens is 2. The zero-order valence-corrected chi connectivity index (χ0v) is 25.7. The van der Waals surface area contributed by atoms with Gasteiger partial charge in [-0.25, -0.2) is 9.97 Å². The van der Waals surface area contributed by atoms with E-state index >= 15 is 0 Å². The van der Waals surface area contributed by atoms with Crippen LogP contribution in [0.2, 0.25) is 0 Å². The number of carbonyl (C=O) groups is 2. The molecule has 0 saturated heterocycles. The Labute approximate surface area is 255 Å². The molecular formula is C37H42N2O4. The van der Waals surface area contributed by atoms with Crippen LogP contribution in [0.1, 0.15) is 81.3 Å². The number of Topliss-reactive ketones (excluding diaryl/α,β-unsaturated/α-hetero) is 1. The summed E-state index contributed by atoms with van der Waals surface area (Å²) in [5.74, 6) is -0.501. The highest BCUT2D eigenvalue weighted by atomic mass is 16.5. The van der Waals surface area contributed by atoms with Gasteiger partial charge >= 0.3 is 5.97 Å². The summed E-state index contributed by atoms with van der Waals surface area (Å²) in [5, 5.41) is 9.84. The third kappa shape index (κ3) is 9.08. The fourth-order valence-corrected chi connectivity index (χ4v) is 4.91. The monoisotopic (exact) mass is 578 g/mol. The molecule has 4 aromatic rings. The summed E-state index contributed by atoms with van der Waals surface area (Å²) in [7, 11) is 0. The van der Waals surface area contributed by atoms with Crippen LogP contribution >= 0.6 is 0 Å². The maximum atomic E-state index is 12.9. The second kappa shape index (κ2) is 14.7. The lowest BCUT2D eigenvalue weighted by atomic mass is 9.86. The molecule has 0 aliphatic carbocycles. The number of aliphatic carboxylic acids is 1. The van der Waals surface area contributed by atoms with Crippen LogP contribution in [-0.4, -0.2) is 33.4 Å². The molecule has 1 N–H and O–H groups in total. The van der Waals surface area contributed by atoms with Crippen LogP contribution < -0.4 is 4.74 Å². The van der Waals surface area contributed by atoms with Gasteiger partial charge < -0.3 is 9.84 Å². The third-order valence-electron chi connectivity index (χ3n) is 7.65.